The third-order valence-electron chi connectivity index (χ3n) is 8.34. The van der Waals surface area contributed by atoms with Gasteiger partial charge in [0, 0.05) is 37.6 Å². The molecule has 4 N–H and O–H groups in total. The van der Waals surface area contributed by atoms with Crippen molar-refractivity contribution < 1.29 is 4.79 Å². The van der Waals surface area contributed by atoms with Crippen LogP contribution in [0.15, 0.2) is 48.5 Å². The van der Waals surface area contributed by atoms with E-state index in [0.717, 1.165) is 76.3 Å². The Hall–Kier alpha value is -2.45. The quantitative estimate of drug-likeness (QED) is 0.465. The predicted molar refractivity (Wildman–Crippen MR) is 158 cm³/mol. The highest BCUT2D eigenvalue weighted by atomic mass is 16.1. The molecule has 2 aliphatic rings. The van der Waals surface area contributed by atoms with Gasteiger partial charge in [0.15, 0.2) is 5.78 Å². The Morgan fingerprint density at radius 2 is 1.11 bits per heavy atom. The Balaban J connectivity index is 1.55. The first-order valence-corrected chi connectivity index (χ1v) is 14.2. The van der Waals surface area contributed by atoms with Crippen LogP contribution in [0.2, 0.25) is 0 Å². The zero-order valence-electron chi connectivity index (χ0n) is 23.9. The van der Waals surface area contributed by atoms with Gasteiger partial charge in [0.25, 0.3) is 0 Å². The molecule has 208 valence electrons. The summed E-state index contributed by atoms with van der Waals surface area (Å²) in [7, 11) is 8.34. The maximum Gasteiger partial charge on any atom is 0.169 e. The van der Waals surface area contributed by atoms with E-state index in [1.807, 2.05) is 24.3 Å². The standard InChI is InChI=1S/C31H48N6O/c1-34(2)21-29(36-17-5-7-25(19-36)23-9-13-27(32)14-10-23)31(38)30(22-35(3)4)37-18-6-8-26(20-37)24-11-15-28(33)16-12-24/h9-16,25-26,29-30H,5-8,17-22,32-33H2,1-4H3. The first-order valence-electron chi connectivity index (χ1n) is 14.2. The van der Waals surface area contributed by atoms with Crippen LogP contribution in [0, 0.1) is 0 Å². The van der Waals surface area contributed by atoms with Crippen LogP contribution in [-0.2, 0) is 4.79 Å². The second kappa shape index (κ2) is 13.1. The number of carbonyl (C=O) groups is 1. The maximum atomic E-state index is 14.5. The minimum atomic E-state index is -0.122. The summed E-state index contributed by atoms with van der Waals surface area (Å²) in [6, 6.07) is 16.4. The molecule has 4 atom stereocenters. The predicted octanol–water partition coefficient (Wildman–Crippen LogP) is 3.34. The van der Waals surface area contributed by atoms with E-state index in [-0.39, 0.29) is 12.1 Å². The van der Waals surface area contributed by atoms with E-state index in [1.165, 1.54) is 11.1 Å². The summed E-state index contributed by atoms with van der Waals surface area (Å²) in [5.41, 5.74) is 16.1. The Labute approximate surface area is 229 Å². The summed E-state index contributed by atoms with van der Waals surface area (Å²) >= 11 is 0. The Morgan fingerprint density at radius 1 is 0.737 bits per heavy atom. The molecule has 0 bridgehead atoms. The minimum Gasteiger partial charge on any atom is -0.399 e. The number of nitrogens with two attached hydrogens (primary N) is 2. The van der Waals surface area contributed by atoms with Crippen LogP contribution < -0.4 is 11.5 Å². The van der Waals surface area contributed by atoms with Crippen molar-refractivity contribution >= 4 is 17.2 Å². The van der Waals surface area contributed by atoms with E-state index in [4.69, 9.17) is 11.5 Å². The molecule has 4 unspecified atom stereocenters. The highest BCUT2D eigenvalue weighted by Crippen LogP contribution is 2.31. The highest BCUT2D eigenvalue weighted by molar-refractivity contribution is 5.89. The molecule has 2 aromatic carbocycles. The van der Waals surface area contributed by atoms with Gasteiger partial charge >= 0.3 is 0 Å². The smallest absolute Gasteiger partial charge is 0.169 e. The van der Waals surface area contributed by atoms with Gasteiger partial charge in [-0.15, -0.1) is 0 Å². The molecule has 2 saturated heterocycles. The molecule has 4 rings (SSSR count). The first-order chi connectivity index (χ1) is 18.2. The Morgan fingerprint density at radius 3 is 1.45 bits per heavy atom. The van der Waals surface area contributed by atoms with Crippen molar-refractivity contribution in [2.24, 2.45) is 0 Å². The summed E-state index contributed by atoms with van der Waals surface area (Å²) < 4.78 is 0. The first kappa shape index (κ1) is 28.6. The summed E-state index contributed by atoms with van der Waals surface area (Å²) in [6.07, 6.45) is 4.51. The Kier molecular flexibility index (Phi) is 9.82. The van der Waals surface area contributed by atoms with Crippen molar-refractivity contribution in [3.63, 3.8) is 0 Å². The van der Waals surface area contributed by atoms with Gasteiger partial charge in [-0.2, -0.15) is 0 Å². The third kappa shape index (κ3) is 7.35. The van der Waals surface area contributed by atoms with Crippen molar-refractivity contribution in [3.05, 3.63) is 59.7 Å². The number of ketones is 1. The number of hydrogen-bond acceptors (Lipinski definition) is 7. The van der Waals surface area contributed by atoms with E-state index in [2.05, 4.69) is 72.1 Å². The number of nitrogens with zero attached hydrogens (tertiary/aromatic N) is 4. The zero-order chi connectivity index (χ0) is 27.2. The van der Waals surface area contributed by atoms with Gasteiger partial charge in [-0.3, -0.25) is 14.6 Å². The van der Waals surface area contributed by atoms with E-state index in [0.29, 0.717) is 17.6 Å². The number of rotatable bonds is 10. The molecule has 2 fully saturated rings. The average Bonchev–Trinajstić information content (AvgIpc) is 2.91. The van der Waals surface area contributed by atoms with Crippen LogP contribution in [0.25, 0.3) is 0 Å². The number of likely N-dealkylation sites (N-methyl/N-ethyl adjacent to an activating group) is 2. The zero-order valence-corrected chi connectivity index (χ0v) is 23.9. The van der Waals surface area contributed by atoms with Crippen LogP contribution in [0.3, 0.4) is 0 Å². The van der Waals surface area contributed by atoms with Gasteiger partial charge in [-0.25, -0.2) is 0 Å². The van der Waals surface area contributed by atoms with Gasteiger partial charge in [-0.1, -0.05) is 24.3 Å². The molecule has 0 amide bonds. The van der Waals surface area contributed by atoms with Gasteiger partial charge in [0.05, 0.1) is 12.1 Å². The number of carbonyl (C=O) groups excluding carboxylic acids is 1. The normalized spacial score (nSPS) is 23.0. The Bertz CT molecular complexity index is 940. The third-order valence-corrected chi connectivity index (χ3v) is 8.34. The van der Waals surface area contributed by atoms with Crippen molar-refractivity contribution in [1.29, 1.82) is 0 Å². The minimum absolute atomic E-state index is 0.122. The fraction of sp³-hybridized carbons (Fsp3) is 0.581. The summed E-state index contributed by atoms with van der Waals surface area (Å²) in [6.45, 7) is 5.25. The molecule has 0 aromatic heterocycles. The van der Waals surface area contributed by atoms with Gasteiger partial charge in [0.1, 0.15) is 0 Å². The maximum absolute atomic E-state index is 14.5. The molecule has 2 heterocycles. The fourth-order valence-corrected chi connectivity index (χ4v) is 6.34. The number of nitrogen functional groups attached to an aromatic ring is 2. The topological polar surface area (TPSA) is 82.1 Å². The highest BCUT2D eigenvalue weighted by Gasteiger charge is 2.39. The van der Waals surface area contributed by atoms with Crippen LogP contribution in [0.1, 0.15) is 48.6 Å². The number of Topliss-reactive ketones (excluding diaryl/α,β-unsaturated/α-hetero) is 1. The second-order valence-corrected chi connectivity index (χ2v) is 12.0. The van der Waals surface area contributed by atoms with Gasteiger partial charge in [0.2, 0.25) is 0 Å². The summed E-state index contributed by atoms with van der Waals surface area (Å²) in [4.78, 5) is 23.8. The van der Waals surface area contributed by atoms with Crippen LogP contribution >= 0.6 is 0 Å². The lowest BCUT2D eigenvalue weighted by Gasteiger charge is -2.43. The number of likely N-dealkylation sites (tertiary alicyclic amines) is 2. The van der Waals surface area contributed by atoms with Crippen molar-refractivity contribution in [2.75, 3.05) is 78.9 Å². The lowest BCUT2D eigenvalue weighted by atomic mass is 9.87. The molecule has 38 heavy (non-hydrogen) atoms. The van der Waals surface area contributed by atoms with Crippen molar-refractivity contribution in [2.45, 2.75) is 49.6 Å². The summed E-state index contributed by atoms with van der Waals surface area (Å²) in [5, 5.41) is 0. The molecular weight excluding hydrogens is 472 g/mol. The number of piperidine rings is 2. The lowest BCUT2D eigenvalue weighted by Crippen LogP contribution is -2.59. The van der Waals surface area contributed by atoms with E-state index < -0.39 is 0 Å². The monoisotopic (exact) mass is 520 g/mol. The van der Waals surface area contributed by atoms with E-state index in [1.54, 1.807) is 0 Å². The van der Waals surface area contributed by atoms with Gasteiger partial charge in [-0.05, 0) is 114 Å². The molecule has 0 aliphatic carbocycles. The van der Waals surface area contributed by atoms with Crippen molar-refractivity contribution in [3.8, 4) is 0 Å². The fourth-order valence-electron chi connectivity index (χ4n) is 6.34. The van der Waals surface area contributed by atoms with Crippen LogP contribution in [0.4, 0.5) is 11.4 Å². The largest absolute Gasteiger partial charge is 0.399 e. The molecule has 0 spiro atoms. The van der Waals surface area contributed by atoms with Gasteiger partial charge < -0.3 is 21.3 Å². The summed E-state index contributed by atoms with van der Waals surface area (Å²) in [5.74, 6) is 1.22. The number of benzene rings is 2. The van der Waals surface area contributed by atoms with Crippen LogP contribution in [-0.4, -0.2) is 105 Å². The van der Waals surface area contributed by atoms with E-state index in [9.17, 15) is 4.79 Å². The van der Waals surface area contributed by atoms with Crippen molar-refractivity contribution in [1.82, 2.24) is 19.6 Å². The second-order valence-electron chi connectivity index (χ2n) is 12.0. The molecule has 7 nitrogen and oxygen atoms in total. The molecular formula is C31H48N6O. The molecule has 0 radical (unpaired) electrons. The molecule has 2 aliphatic heterocycles. The lowest BCUT2D eigenvalue weighted by molar-refractivity contribution is -0.132. The molecule has 7 heteroatoms. The number of hydrogen-bond donors (Lipinski definition) is 2. The van der Waals surface area contributed by atoms with Crippen LogP contribution in [0.5, 0.6) is 0 Å². The molecule has 2 aromatic rings. The SMILES string of the molecule is CN(C)CC(C(=O)C(CN(C)C)N1CCCC(c2ccc(N)cc2)C1)N1CCCC(c2ccc(N)cc2)C1. The number of anilines is 2. The molecule has 0 saturated carbocycles. The average molecular weight is 521 g/mol. The van der Waals surface area contributed by atoms with E-state index >= 15 is 0 Å².